The third-order valence-corrected chi connectivity index (χ3v) is 3.58. The van der Waals surface area contributed by atoms with Crippen molar-refractivity contribution in [2.24, 2.45) is 0 Å². The monoisotopic (exact) mass is 252 g/mol. The van der Waals surface area contributed by atoms with Crippen molar-refractivity contribution in [3.8, 4) is 0 Å². The van der Waals surface area contributed by atoms with Gasteiger partial charge in [0, 0.05) is 22.3 Å². The molecule has 1 aromatic heterocycles. The maximum absolute atomic E-state index is 5.91. The highest BCUT2D eigenvalue weighted by Crippen LogP contribution is 2.25. The molecule has 0 fully saturated rings. The Morgan fingerprint density at radius 1 is 1.44 bits per heavy atom. The topological polar surface area (TPSA) is 24.9 Å². The third-order valence-electron chi connectivity index (χ3n) is 2.38. The summed E-state index contributed by atoms with van der Waals surface area (Å²) in [5.41, 5.74) is 2.25. The fourth-order valence-corrected chi connectivity index (χ4v) is 2.40. The lowest BCUT2D eigenvalue weighted by Gasteiger charge is -2.14. The Balaban J connectivity index is 2.15. The van der Waals surface area contributed by atoms with E-state index in [9.17, 15) is 0 Å². The van der Waals surface area contributed by atoms with Crippen molar-refractivity contribution < 1.29 is 0 Å². The predicted octanol–water partition coefficient (Wildman–Crippen LogP) is 4.28. The number of aromatic nitrogens is 1. The molecule has 0 saturated carbocycles. The minimum absolute atomic E-state index is 0.222. The lowest BCUT2D eigenvalue weighted by atomic mass is 10.2. The summed E-state index contributed by atoms with van der Waals surface area (Å²) in [4.78, 5) is 4.29. The van der Waals surface area contributed by atoms with Crippen LogP contribution < -0.4 is 5.32 Å². The quantitative estimate of drug-likeness (QED) is 0.882. The molecule has 0 spiro atoms. The number of halogens is 1. The van der Waals surface area contributed by atoms with Crippen molar-refractivity contribution in [1.29, 1.82) is 0 Å². The number of nitrogens with zero attached hydrogens (tertiary/aromatic N) is 1. The van der Waals surface area contributed by atoms with Gasteiger partial charge in [-0.05, 0) is 37.6 Å². The first-order chi connectivity index (χ1) is 7.66. The number of nitrogens with one attached hydrogen (secondary N) is 1. The molecule has 16 heavy (non-hydrogen) atoms. The average molecular weight is 253 g/mol. The Hall–Kier alpha value is -1.06. The van der Waals surface area contributed by atoms with Gasteiger partial charge in [-0.2, -0.15) is 0 Å². The highest BCUT2D eigenvalue weighted by atomic mass is 35.5. The van der Waals surface area contributed by atoms with Gasteiger partial charge in [0.15, 0.2) is 0 Å². The summed E-state index contributed by atoms with van der Waals surface area (Å²) >= 11 is 7.57. The van der Waals surface area contributed by atoms with Gasteiger partial charge in [0.2, 0.25) is 0 Å². The van der Waals surface area contributed by atoms with Gasteiger partial charge < -0.3 is 5.32 Å². The summed E-state index contributed by atoms with van der Waals surface area (Å²) < 4.78 is 0. The molecule has 2 rings (SSSR count). The van der Waals surface area contributed by atoms with Crippen LogP contribution in [0.2, 0.25) is 5.02 Å². The molecule has 1 aromatic carbocycles. The van der Waals surface area contributed by atoms with Gasteiger partial charge in [-0.1, -0.05) is 11.6 Å². The van der Waals surface area contributed by atoms with Crippen LogP contribution in [0.5, 0.6) is 0 Å². The van der Waals surface area contributed by atoms with Gasteiger partial charge in [0.1, 0.15) is 5.01 Å². The van der Waals surface area contributed by atoms with E-state index in [0.29, 0.717) is 0 Å². The van der Waals surface area contributed by atoms with Crippen molar-refractivity contribution >= 4 is 28.6 Å². The summed E-state index contributed by atoms with van der Waals surface area (Å²) in [6.07, 6.45) is 1.83. The number of hydrogen-bond donors (Lipinski definition) is 1. The van der Waals surface area contributed by atoms with E-state index in [1.807, 2.05) is 36.7 Å². The number of anilines is 1. The second kappa shape index (κ2) is 4.85. The van der Waals surface area contributed by atoms with E-state index < -0.39 is 0 Å². The van der Waals surface area contributed by atoms with Crippen LogP contribution in [0.15, 0.2) is 29.8 Å². The zero-order chi connectivity index (χ0) is 11.5. The van der Waals surface area contributed by atoms with Gasteiger partial charge in [-0.15, -0.1) is 11.3 Å². The lowest BCUT2D eigenvalue weighted by Crippen LogP contribution is -2.07. The van der Waals surface area contributed by atoms with Crippen LogP contribution in [0.1, 0.15) is 23.5 Å². The lowest BCUT2D eigenvalue weighted by molar-refractivity contribution is 0.868. The molecule has 0 aliphatic heterocycles. The number of aryl methyl sites for hydroxylation is 1. The van der Waals surface area contributed by atoms with Crippen LogP contribution in [0.4, 0.5) is 5.69 Å². The molecule has 1 atom stereocenters. The molecule has 0 saturated heterocycles. The second-order valence-corrected chi connectivity index (χ2v) is 5.06. The van der Waals surface area contributed by atoms with Gasteiger partial charge in [-0.25, -0.2) is 4.98 Å². The van der Waals surface area contributed by atoms with Crippen molar-refractivity contribution in [3.05, 3.63) is 45.4 Å². The molecule has 1 N–H and O–H groups in total. The summed E-state index contributed by atoms with van der Waals surface area (Å²) in [6, 6.07) is 6.07. The molecule has 2 aromatic rings. The van der Waals surface area contributed by atoms with Crippen molar-refractivity contribution in [3.63, 3.8) is 0 Å². The molecule has 1 unspecified atom stereocenters. The molecule has 2 nitrogen and oxygen atoms in total. The number of benzene rings is 1. The first-order valence-corrected chi connectivity index (χ1v) is 6.34. The van der Waals surface area contributed by atoms with Gasteiger partial charge in [0.05, 0.1) is 6.04 Å². The minimum atomic E-state index is 0.222. The standard InChI is InChI=1S/C12H13ClN2S/c1-8-7-10(13)3-4-11(8)15-9(2)12-14-5-6-16-12/h3-7,9,15H,1-2H3. The van der Waals surface area contributed by atoms with Crippen molar-refractivity contribution in [1.82, 2.24) is 4.98 Å². The first-order valence-electron chi connectivity index (χ1n) is 5.09. The number of rotatable bonds is 3. The van der Waals surface area contributed by atoms with E-state index in [4.69, 9.17) is 11.6 Å². The van der Waals surface area contributed by atoms with Crippen LogP contribution in [0, 0.1) is 6.92 Å². The van der Waals surface area contributed by atoms with E-state index in [-0.39, 0.29) is 6.04 Å². The zero-order valence-electron chi connectivity index (χ0n) is 9.20. The minimum Gasteiger partial charge on any atom is -0.376 e. The first kappa shape index (κ1) is 11.4. The molecule has 0 aliphatic rings. The fraction of sp³-hybridized carbons (Fsp3) is 0.250. The Kier molecular flexibility index (Phi) is 3.46. The summed E-state index contributed by atoms with van der Waals surface area (Å²) in [7, 11) is 0. The molecule has 84 valence electrons. The normalized spacial score (nSPS) is 12.4. The summed E-state index contributed by atoms with van der Waals surface area (Å²) in [5, 5.41) is 7.28. The van der Waals surface area contributed by atoms with E-state index >= 15 is 0 Å². The van der Waals surface area contributed by atoms with Gasteiger partial charge >= 0.3 is 0 Å². The Morgan fingerprint density at radius 2 is 2.25 bits per heavy atom. The molecule has 0 radical (unpaired) electrons. The highest BCUT2D eigenvalue weighted by Gasteiger charge is 2.08. The second-order valence-electron chi connectivity index (χ2n) is 3.70. The van der Waals surface area contributed by atoms with Crippen molar-refractivity contribution in [2.75, 3.05) is 5.32 Å². The smallest absolute Gasteiger partial charge is 0.115 e. The van der Waals surface area contributed by atoms with E-state index in [1.54, 1.807) is 11.3 Å². The van der Waals surface area contributed by atoms with E-state index in [0.717, 1.165) is 21.3 Å². The third kappa shape index (κ3) is 2.54. The van der Waals surface area contributed by atoms with Crippen LogP contribution in [0.3, 0.4) is 0 Å². The van der Waals surface area contributed by atoms with Gasteiger partial charge in [-0.3, -0.25) is 0 Å². The van der Waals surface area contributed by atoms with Crippen LogP contribution in [-0.4, -0.2) is 4.98 Å². The van der Waals surface area contributed by atoms with E-state index in [2.05, 4.69) is 17.2 Å². The van der Waals surface area contributed by atoms with E-state index in [1.165, 1.54) is 0 Å². The van der Waals surface area contributed by atoms with Crippen LogP contribution in [0.25, 0.3) is 0 Å². The Morgan fingerprint density at radius 3 is 2.88 bits per heavy atom. The average Bonchev–Trinajstić information content (AvgIpc) is 2.75. The molecular formula is C12H13ClN2S. The molecular weight excluding hydrogens is 240 g/mol. The zero-order valence-corrected chi connectivity index (χ0v) is 10.8. The fourth-order valence-electron chi connectivity index (χ4n) is 1.53. The van der Waals surface area contributed by atoms with Gasteiger partial charge in [0.25, 0.3) is 0 Å². The number of thiazole rings is 1. The summed E-state index contributed by atoms with van der Waals surface area (Å²) in [5.74, 6) is 0. The molecule has 4 heteroatoms. The SMILES string of the molecule is Cc1cc(Cl)ccc1NC(C)c1nccs1. The molecule has 1 heterocycles. The predicted molar refractivity (Wildman–Crippen MR) is 70.3 cm³/mol. The maximum Gasteiger partial charge on any atom is 0.115 e. The van der Waals surface area contributed by atoms with Crippen molar-refractivity contribution in [2.45, 2.75) is 19.9 Å². The highest BCUT2D eigenvalue weighted by molar-refractivity contribution is 7.09. The Bertz CT molecular complexity index is 468. The maximum atomic E-state index is 5.91. The number of hydrogen-bond acceptors (Lipinski definition) is 3. The summed E-state index contributed by atoms with van der Waals surface area (Å²) in [6.45, 7) is 4.15. The molecule has 0 bridgehead atoms. The Labute approximate surface area is 104 Å². The molecule has 0 amide bonds. The van der Waals surface area contributed by atoms with Crippen LogP contribution in [-0.2, 0) is 0 Å². The largest absolute Gasteiger partial charge is 0.376 e. The van der Waals surface area contributed by atoms with Crippen LogP contribution >= 0.6 is 22.9 Å². The molecule has 0 aliphatic carbocycles.